The number of hydrogen-bond acceptors (Lipinski definition) is 5. The van der Waals surface area contributed by atoms with E-state index in [1.165, 1.54) is 36.4 Å². The first-order chi connectivity index (χ1) is 12.1. The molecule has 0 saturated carbocycles. The predicted molar refractivity (Wildman–Crippen MR) is 103 cm³/mol. The third-order valence-corrected chi connectivity index (χ3v) is 5.42. The monoisotopic (exact) mass is 358 g/mol. The maximum Gasteiger partial charge on any atom is 0.257 e. The van der Waals surface area contributed by atoms with Gasteiger partial charge in [-0.3, -0.25) is 15.0 Å². The third-order valence-electron chi connectivity index (χ3n) is 4.73. The lowest BCUT2D eigenvalue weighted by molar-refractivity contribution is 0.102. The number of nitrogens with one attached hydrogen (secondary N) is 1. The van der Waals surface area contributed by atoms with Gasteiger partial charge >= 0.3 is 0 Å². The Balaban J connectivity index is 1.54. The Hall–Kier alpha value is -1.76. The fraction of sp³-hybridized carbons (Fsp3) is 0.474. The van der Waals surface area contributed by atoms with Gasteiger partial charge in [0.1, 0.15) is 0 Å². The number of aromatic nitrogens is 1. The van der Waals surface area contributed by atoms with Crippen LogP contribution in [0.1, 0.15) is 29.3 Å². The molecular weight excluding hydrogens is 332 g/mol. The summed E-state index contributed by atoms with van der Waals surface area (Å²) >= 11 is 1.42. The Morgan fingerprint density at radius 3 is 2.80 bits per heavy atom. The Bertz CT molecular complexity index is 671. The van der Waals surface area contributed by atoms with E-state index in [-0.39, 0.29) is 5.91 Å². The molecule has 6 heteroatoms. The van der Waals surface area contributed by atoms with E-state index >= 15 is 0 Å². The van der Waals surface area contributed by atoms with Gasteiger partial charge in [-0.05, 0) is 50.2 Å². The molecule has 134 valence electrons. The Morgan fingerprint density at radius 2 is 2.20 bits per heavy atom. The number of likely N-dealkylation sites (tertiary alicyclic amines) is 1. The van der Waals surface area contributed by atoms with Crippen molar-refractivity contribution in [1.29, 1.82) is 0 Å². The van der Waals surface area contributed by atoms with Gasteiger partial charge in [0.05, 0.1) is 0 Å². The highest BCUT2D eigenvalue weighted by Crippen LogP contribution is 2.18. The minimum atomic E-state index is -0.108. The highest BCUT2D eigenvalue weighted by Gasteiger charge is 2.21. The molecule has 0 spiro atoms. The molecule has 1 amide bonds. The standard InChI is InChI=1S/C19H26N4OS/c1-3-23(14-16-8-10-22(2)12-16)13-15-4-6-17(7-5-15)18(24)21-19-20-9-11-25-19/h4-7,9,11,16H,3,8,10,12-14H2,1-2H3,(H,20,21,24)/t16-/m0/s1. The first-order valence-corrected chi connectivity index (χ1v) is 9.72. The number of nitrogens with zero attached hydrogens (tertiary/aromatic N) is 3. The summed E-state index contributed by atoms with van der Waals surface area (Å²) < 4.78 is 0. The molecule has 1 aliphatic heterocycles. The van der Waals surface area contributed by atoms with E-state index in [4.69, 9.17) is 0 Å². The van der Waals surface area contributed by atoms with Crippen molar-refractivity contribution in [1.82, 2.24) is 14.8 Å². The van der Waals surface area contributed by atoms with Crippen LogP contribution in [-0.4, -0.2) is 53.9 Å². The molecule has 1 aliphatic rings. The maximum atomic E-state index is 12.2. The normalized spacial score (nSPS) is 18.0. The Morgan fingerprint density at radius 1 is 1.40 bits per heavy atom. The predicted octanol–water partition coefficient (Wildman–Crippen LogP) is 3.17. The van der Waals surface area contributed by atoms with E-state index in [1.54, 1.807) is 6.20 Å². The van der Waals surface area contributed by atoms with Crippen LogP contribution < -0.4 is 5.32 Å². The molecule has 1 atom stereocenters. The van der Waals surface area contributed by atoms with Gasteiger partial charge in [-0.2, -0.15) is 0 Å². The van der Waals surface area contributed by atoms with Crippen molar-refractivity contribution in [2.24, 2.45) is 5.92 Å². The molecule has 1 aromatic carbocycles. The van der Waals surface area contributed by atoms with Crippen LogP contribution in [0.2, 0.25) is 0 Å². The number of hydrogen-bond donors (Lipinski definition) is 1. The SMILES string of the molecule is CCN(Cc1ccc(C(=O)Nc2nccs2)cc1)C[C@H]1CCN(C)C1. The topological polar surface area (TPSA) is 48.5 Å². The van der Waals surface area contributed by atoms with Crippen LogP contribution in [0.25, 0.3) is 0 Å². The largest absolute Gasteiger partial charge is 0.306 e. The van der Waals surface area contributed by atoms with Crippen molar-refractivity contribution in [3.8, 4) is 0 Å². The van der Waals surface area contributed by atoms with E-state index in [0.717, 1.165) is 25.6 Å². The zero-order valence-corrected chi connectivity index (χ0v) is 15.8. The fourth-order valence-corrected chi connectivity index (χ4v) is 3.84. The maximum absolute atomic E-state index is 12.2. The lowest BCUT2D eigenvalue weighted by Gasteiger charge is -2.24. The van der Waals surface area contributed by atoms with Crippen LogP contribution >= 0.6 is 11.3 Å². The van der Waals surface area contributed by atoms with Crippen molar-refractivity contribution < 1.29 is 4.79 Å². The molecule has 3 rings (SSSR count). The molecule has 25 heavy (non-hydrogen) atoms. The molecule has 1 N–H and O–H groups in total. The molecule has 1 fully saturated rings. The quantitative estimate of drug-likeness (QED) is 0.826. The number of anilines is 1. The lowest BCUT2D eigenvalue weighted by atomic mass is 10.1. The molecule has 2 aromatic rings. The van der Waals surface area contributed by atoms with Crippen LogP contribution in [0.3, 0.4) is 0 Å². The van der Waals surface area contributed by atoms with E-state index in [9.17, 15) is 4.79 Å². The summed E-state index contributed by atoms with van der Waals surface area (Å²) in [6.07, 6.45) is 2.98. The second kappa shape index (κ2) is 8.56. The molecular formula is C19H26N4OS. The van der Waals surface area contributed by atoms with Crippen LogP contribution in [0.5, 0.6) is 0 Å². The second-order valence-corrected chi connectivity index (χ2v) is 7.63. The van der Waals surface area contributed by atoms with Crippen molar-refractivity contribution in [3.63, 3.8) is 0 Å². The van der Waals surface area contributed by atoms with E-state index < -0.39 is 0 Å². The summed E-state index contributed by atoms with van der Waals surface area (Å²) in [6.45, 7) is 7.76. The molecule has 0 aliphatic carbocycles. The van der Waals surface area contributed by atoms with Gasteiger partial charge in [-0.1, -0.05) is 19.1 Å². The average molecular weight is 359 g/mol. The molecule has 5 nitrogen and oxygen atoms in total. The highest BCUT2D eigenvalue weighted by atomic mass is 32.1. The molecule has 1 aromatic heterocycles. The smallest absolute Gasteiger partial charge is 0.257 e. The van der Waals surface area contributed by atoms with Crippen molar-refractivity contribution >= 4 is 22.4 Å². The van der Waals surface area contributed by atoms with E-state index in [0.29, 0.717) is 10.7 Å². The van der Waals surface area contributed by atoms with Crippen molar-refractivity contribution in [2.75, 3.05) is 38.5 Å². The van der Waals surface area contributed by atoms with Gasteiger partial charge in [0.15, 0.2) is 5.13 Å². The lowest BCUT2D eigenvalue weighted by Crippen LogP contribution is -2.30. The molecule has 2 heterocycles. The summed E-state index contributed by atoms with van der Waals surface area (Å²) in [4.78, 5) is 21.2. The van der Waals surface area contributed by atoms with Gasteiger partial charge in [-0.15, -0.1) is 11.3 Å². The van der Waals surface area contributed by atoms with Crippen LogP contribution in [0.4, 0.5) is 5.13 Å². The molecule has 0 bridgehead atoms. The van der Waals surface area contributed by atoms with E-state index in [2.05, 4.69) is 46.2 Å². The number of thiazole rings is 1. The molecule has 1 saturated heterocycles. The van der Waals surface area contributed by atoms with Gasteiger partial charge in [0.2, 0.25) is 0 Å². The number of amides is 1. The number of benzene rings is 1. The fourth-order valence-electron chi connectivity index (χ4n) is 3.32. The van der Waals surface area contributed by atoms with Crippen molar-refractivity contribution in [3.05, 3.63) is 47.0 Å². The summed E-state index contributed by atoms with van der Waals surface area (Å²) in [7, 11) is 2.20. The van der Waals surface area contributed by atoms with Gasteiger partial charge < -0.3 is 4.90 Å². The molecule has 0 radical (unpaired) electrons. The number of carbonyl (C=O) groups excluding carboxylic acids is 1. The highest BCUT2D eigenvalue weighted by molar-refractivity contribution is 7.13. The van der Waals surface area contributed by atoms with Crippen LogP contribution in [0, 0.1) is 5.92 Å². The number of carbonyl (C=O) groups is 1. The van der Waals surface area contributed by atoms with Crippen molar-refractivity contribution in [2.45, 2.75) is 19.9 Å². The second-order valence-electron chi connectivity index (χ2n) is 6.73. The first kappa shape index (κ1) is 18.0. The summed E-state index contributed by atoms with van der Waals surface area (Å²) in [5.74, 6) is 0.663. The van der Waals surface area contributed by atoms with Crippen LogP contribution in [0.15, 0.2) is 35.8 Å². The number of rotatable bonds is 7. The Labute approximate surface area is 153 Å². The zero-order chi connectivity index (χ0) is 17.6. The average Bonchev–Trinajstić information content (AvgIpc) is 3.26. The molecule has 0 unspecified atom stereocenters. The minimum Gasteiger partial charge on any atom is -0.306 e. The zero-order valence-electron chi connectivity index (χ0n) is 14.9. The third kappa shape index (κ3) is 5.11. The van der Waals surface area contributed by atoms with Gasteiger partial charge in [0, 0.05) is 36.8 Å². The van der Waals surface area contributed by atoms with Gasteiger partial charge in [0.25, 0.3) is 5.91 Å². The Kier molecular flexibility index (Phi) is 6.18. The van der Waals surface area contributed by atoms with Crippen LogP contribution in [-0.2, 0) is 6.54 Å². The first-order valence-electron chi connectivity index (χ1n) is 8.84. The van der Waals surface area contributed by atoms with E-state index in [1.807, 2.05) is 17.5 Å². The summed E-state index contributed by atoms with van der Waals surface area (Å²) in [5, 5.41) is 5.29. The minimum absolute atomic E-state index is 0.108. The summed E-state index contributed by atoms with van der Waals surface area (Å²) in [6, 6.07) is 7.91. The van der Waals surface area contributed by atoms with Gasteiger partial charge in [-0.25, -0.2) is 4.98 Å². The summed E-state index contributed by atoms with van der Waals surface area (Å²) in [5.41, 5.74) is 1.92.